The fourth-order valence-electron chi connectivity index (χ4n) is 4.10. The Balaban J connectivity index is 1.30. The molecule has 1 saturated heterocycles. The number of methoxy groups -OCH3 is 1. The zero-order valence-corrected chi connectivity index (χ0v) is 21.9. The van der Waals surface area contributed by atoms with Gasteiger partial charge in [0.25, 0.3) is 5.91 Å². The number of amides is 1. The van der Waals surface area contributed by atoms with Crippen LogP contribution in [-0.2, 0) is 12.7 Å². The number of nitrogens with one attached hydrogen (secondary N) is 1. The van der Waals surface area contributed by atoms with Crippen LogP contribution in [0.4, 0.5) is 18.3 Å². The van der Waals surface area contributed by atoms with E-state index in [0.717, 1.165) is 30.5 Å². The van der Waals surface area contributed by atoms with E-state index in [1.807, 2.05) is 11.9 Å². The van der Waals surface area contributed by atoms with E-state index in [0.29, 0.717) is 35.2 Å². The lowest BCUT2D eigenvalue weighted by Crippen LogP contribution is -2.44. The van der Waals surface area contributed by atoms with Crippen LogP contribution in [0.3, 0.4) is 0 Å². The first kappa shape index (κ1) is 26.6. The van der Waals surface area contributed by atoms with E-state index in [-0.39, 0.29) is 22.8 Å². The number of benzene rings is 1. The molecule has 202 valence electrons. The van der Waals surface area contributed by atoms with E-state index in [2.05, 4.69) is 37.1 Å². The van der Waals surface area contributed by atoms with Crippen molar-refractivity contribution >= 4 is 28.0 Å². The second-order valence-electron chi connectivity index (χ2n) is 8.97. The summed E-state index contributed by atoms with van der Waals surface area (Å²) in [5.74, 6) is 5.63. The quantitative estimate of drug-likeness (QED) is 0.377. The highest BCUT2D eigenvalue weighted by Crippen LogP contribution is 2.34. The van der Waals surface area contributed by atoms with E-state index in [4.69, 9.17) is 4.74 Å². The fraction of sp³-hybridized carbons (Fsp3) is 0.308. The molecule has 5 rings (SSSR count). The summed E-state index contributed by atoms with van der Waals surface area (Å²) in [6, 6.07) is 7.14. The summed E-state index contributed by atoms with van der Waals surface area (Å²) < 4.78 is 48.3. The number of likely N-dealkylation sites (N-methyl/N-ethyl adjacent to an activating group) is 1. The lowest BCUT2D eigenvalue weighted by atomic mass is 10.0. The van der Waals surface area contributed by atoms with Gasteiger partial charge in [0.15, 0.2) is 10.8 Å². The largest absolute Gasteiger partial charge is 0.480 e. The molecule has 9 nitrogen and oxygen atoms in total. The summed E-state index contributed by atoms with van der Waals surface area (Å²) in [6.45, 7) is 3.15. The van der Waals surface area contributed by atoms with Crippen molar-refractivity contribution in [3.8, 4) is 17.7 Å². The summed E-state index contributed by atoms with van der Waals surface area (Å²) in [5, 5.41) is 7.08. The smallest absolute Gasteiger partial charge is 0.416 e. The highest BCUT2D eigenvalue weighted by molar-refractivity contribution is 7.16. The molecule has 13 heteroatoms. The maximum absolute atomic E-state index is 13.9. The molecule has 1 amide bonds. The number of thiazole rings is 1. The number of fused-ring (bicyclic) bond motifs is 1. The average Bonchev–Trinajstić information content (AvgIpc) is 3.54. The van der Waals surface area contributed by atoms with Gasteiger partial charge >= 0.3 is 6.18 Å². The number of hydrogen-bond donors (Lipinski definition) is 1. The minimum atomic E-state index is -4.58. The van der Waals surface area contributed by atoms with Gasteiger partial charge in [0.1, 0.15) is 5.69 Å². The molecular weight excluding hydrogens is 531 g/mol. The van der Waals surface area contributed by atoms with E-state index in [9.17, 15) is 18.0 Å². The lowest BCUT2D eigenvalue weighted by molar-refractivity contribution is -0.138. The van der Waals surface area contributed by atoms with Crippen molar-refractivity contribution in [2.75, 3.05) is 45.7 Å². The molecule has 0 saturated carbocycles. The number of ether oxygens (including phenoxy) is 1. The predicted molar refractivity (Wildman–Crippen MR) is 140 cm³/mol. The number of nitrogens with zero attached hydrogens (tertiary/aromatic N) is 6. The van der Waals surface area contributed by atoms with Crippen LogP contribution in [0.15, 0.2) is 42.7 Å². The second-order valence-corrected chi connectivity index (χ2v) is 10.0. The molecule has 0 unspecified atom stereocenters. The topological polar surface area (TPSA) is 87.9 Å². The van der Waals surface area contributed by atoms with Crippen LogP contribution in [0.5, 0.6) is 5.88 Å². The normalized spacial score (nSPS) is 14.7. The van der Waals surface area contributed by atoms with E-state index >= 15 is 0 Å². The number of rotatable bonds is 5. The van der Waals surface area contributed by atoms with Crippen molar-refractivity contribution < 1.29 is 22.7 Å². The van der Waals surface area contributed by atoms with Gasteiger partial charge in [-0.15, -0.1) is 5.10 Å². The van der Waals surface area contributed by atoms with Crippen LogP contribution in [0.25, 0.3) is 5.65 Å². The maximum atomic E-state index is 13.9. The standard InChI is InChI=1S/C26H24F3N7O2S/c1-34-9-11-35(12-10-34)16-18-4-3-17(13-21(18)26(27,28)29)24(37)32-25-31-15-20(39-25)6-5-19-14-30-22-7-8-23(38-2)33-36(19)22/h3-4,7-8,13-15H,9-12,16H2,1-2H3,(H,31,32,37). The first-order valence-corrected chi connectivity index (χ1v) is 12.8. The summed E-state index contributed by atoms with van der Waals surface area (Å²) in [5.41, 5.74) is 0.371. The van der Waals surface area contributed by atoms with Gasteiger partial charge in [-0.3, -0.25) is 15.0 Å². The Kier molecular flexibility index (Phi) is 7.51. The van der Waals surface area contributed by atoms with Crippen LogP contribution in [0.2, 0.25) is 0 Å². The molecule has 1 aliphatic heterocycles. The summed E-state index contributed by atoms with van der Waals surface area (Å²) in [7, 11) is 3.50. The third-order valence-corrected chi connectivity index (χ3v) is 7.08. The molecule has 4 aromatic rings. The van der Waals surface area contributed by atoms with Gasteiger partial charge in [0.2, 0.25) is 5.88 Å². The van der Waals surface area contributed by atoms with E-state index in [1.54, 1.807) is 22.8 Å². The fourth-order valence-corrected chi connectivity index (χ4v) is 4.77. The number of alkyl halides is 3. The van der Waals surface area contributed by atoms with E-state index < -0.39 is 17.6 Å². The molecule has 1 aliphatic rings. The summed E-state index contributed by atoms with van der Waals surface area (Å²) in [4.78, 5) is 25.8. The van der Waals surface area contributed by atoms with Crippen molar-refractivity contribution in [3.63, 3.8) is 0 Å². The number of hydrogen-bond acceptors (Lipinski definition) is 8. The number of halogens is 3. The molecule has 0 atom stereocenters. The highest BCUT2D eigenvalue weighted by Gasteiger charge is 2.34. The molecule has 3 aromatic heterocycles. The average molecular weight is 556 g/mol. The van der Waals surface area contributed by atoms with Crippen molar-refractivity contribution in [3.05, 3.63) is 70.0 Å². The van der Waals surface area contributed by atoms with Crippen LogP contribution in [0, 0.1) is 11.8 Å². The van der Waals surface area contributed by atoms with Crippen LogP contribution in [-0.4, -0.2) is 75.6 Å². The number of aromatic nitrogens is 4. The third-order valence-electron chi connectivity index (χ3n) is 6.25. The summed E-state index contributed by atoms with van der Waals surface area (Å²) >= 11 is 1.10. The molecule has 4 heterocycles. The Bertz CT molecular complexity index is 1560. The van der Waals surface area contributed by atoms with Crippen LogP contribution >= 0.6 is 11.3 Å². The molecule has 39 heavy (non-hydrogen) atoms. The second kappa shape index (κ2) is 11.0. The first-order valence-electron chi connectivity index (χ1n) is 12.0. The lowest BCUT2D eigenvalue weighted by Gasteiger charge is -2.33. The van der Waals surface area contributed by atoms with Gasteiger partial charge in [-0.25, -0.2) is 14.5 Å². The molecule has 1 fully saturated rings. The van der Waals surface area contributed by atoms with Crippen molar-refractivity contribution in [1.82, 2.24) is 29.4 Å². The number of carbonyl (C=O) groups is 1. The Labute approximate surface area is 226 Å². The molecule has 0 radical (unpaired) electrons. The van der Waals surface area contributed by atoms with Gasteiger partial charge in [-0.1, -0.05) is 17.4 Å². The SMILES string of the molecule is COc1ccc2ncc(C#Cc3cnc(NC(=O)c4ccc(CN5CCN(C)CC5)c(C(F)(F)F)c4)s3)n2n1. The van der Waals surface area contributed by atoms with Gasteiger partial charge in [0.05, 0.1) is 29.9 Å². The van der Waals surface area contributed by atoms with E-state index in [1.165, 1.54) is 25.4 Å². The van der Waals surface area contributed by atoms with Crippen LogP contribution in [0.1, 0.15) is 32.1 Å². The van der Waals surface area contributed by atoms with Gasteiger partial charge in [0, 0.05) is 44.4 Å². The molecule has 0 aliphatic carbocycles. The zero-order valence-electron chi connectivity index (χ0n) is 21.1. The predicted octanol–water partition coefficient (Wildman–Crippen LogP) is 3.61. The third kappa shape index (κ3) is 6.19. The Morgan fingerprint density at radius 2 is 1.90 bits per heavy atom. The highest BCUT2D eigenvalue weighted by atomic mass is 32.1. The Hall–Kier alpha value is -3.99. The minimum absolute atomic E-state index is 0.0990. The number of carbonyl (C=O) groups excluding carboxylic acids is 1. The zero-order chi connectivity index (χ0) is 27.6. The van der Waals surface area contributed by atoms with Gasteiger partial charge < -0.3 is 9.64 Å². The van der Waals surface area contributed by atoms with Crippen molar-refractivity contribution in [2.24, 2.45) is 0 Å². The molecule has 0 spiro atoms. The number of imidazole rings is 1. The van der Waals surface area contributed by atoms with Gasteiger partial charge in [-0.05, 0) is 42.7 Å². The van der Waals surface area contributed by atoms with Crippen molar-refractivity contribution in [1.29, 1.82) is 0 Å². The minimum Gasteiger partial charge on any atom is -0.480 e. The maximum Gasteiger partial charge on any atom is 0.416 e. The monoisotopic (exact) mass is 555 g/mol. The Morgan fingerprint density at radius 1 is 1.10 bits per heavy atom. The number of anilines is 1. The molecular formula is C26H24F3N7O2S. The number of piperazine rings is 1. The molecule has 1 aromatic carbocycles. The molecule has 0 bridgehead atoms. The van der Waals surface area contributed by atoms with Crippen molar-refractivity contribution in [2.45, 2.75) is 12.7 Å². The first-order chi connectivity index (χ1) is 18.7. The summed E-state index contributed by atoms with van der Waals surface area (Å²) in [6.07, 6.45) is -1.53. The molecule has 1 N–H and O–H groups in total. The Morgan fingerprint density at radius 3 is 2.64 bits per heavy atom. The van der Waals surface area contributed by atoms with Crippen LogP contribution < -0.4 is 10.1 Å². The van der Waals surface area contributed by atoms with Gasteiger partial charge in [-0.2, -0.15) is 13.2 Å².